The van der Waals surface area contributed by atoms with Gasteiger partial charge in [-0.1, -0.05) is 11.6 Å². The first-order valence-corrected chi connectivity index (χ1v) is 6.01. The van der Waals surface area contributed by atoms with Crippen LogP contribution in [0.15, 0.2) is 0 Å². The van der Waals surface area contributed by atoms with Gasteiger partial charge in [0.2, 0.25) is 0 Å². The maximum Gasteiger partial charge on any atom is 0.0860 e. The minimum atomic E-state index is -0.486. The molecule has 1 aromatic heterocycles. The lowest BCUT2D eigenvalue weighted by Crippen LogP contribution is -2.46. The van der Waals surface area contributed by atoms with Crippen molar-refractivity contribution in [3.63, 3.8) is 0 Å². The summed E-state index contributed by atoms with van der Waals surface area (Å²) in [4.78, 5) is 0. The van der Waals surface area contributed by atoms with E-state index in [0.29, 0.717) is 13.1 Å². The Morgan fingerprint density at radius 3 is 2.69 bits per heavy atom. The Kier molecular flexibility index (Phi) is 3.24. The third-order valence-electron chi connectivity index (χ3n) is 3.29. The molecule has 0 spiro atoms. The van der Waals surface area contributed by atoms with Gasteiger partial charge in [0, 0.05) is 20.1 Å². The summed E-state index contributed by atoms with van der Waals surface area (Å²) >= 11 is 6.13. The van der Waals surface area contributed by atoms with Gasteiger partial charge in [-0.3, -0.25) is 4.68 Å². The molecule has 0 atom stereocenters. The van der Waals surface area contributed by atoms with Gasteiger partial charge in [0.1, 0.15) is 0 Å². The average molecular weight is 244 g/mol. The number of rotatable bonds is 4. The lowest BCUT2D eigenvalue weighted by Gasteiger charge is -2.36. The third-order valence-corrected chi connectivity index (χ3v) is 3.78. The standard InChI is InChI=1S/C11H18ClN3O/c1-8-10(12)9(15(2)14-8)6-13-7-11(16)4-3-5-11/h13,16H,3-7H2,1-2H3. The first-order chi connectivity index (χ1) is 7.52. The minimum Gasteiger partial charge on any atom is -0.389 e. The van der Waals surface area contributed by atoms with Crippen LogP contribution in [0.2, 0.25) is 5.02 Å². The summed E-state index contributed by atoms with van der Waals surface area (Å²) in [5.41, 5.74) is 1.34. The summed E-state index contributed by atoms with van der Waals surface area (Å²) in [7, 11) is 1.88. The Balaban J connectivity index is 1.89. The predicted molar refractivity (Wildman–Crippen MR) is 63.5 cm³/mol. The Morgan fingerprint density at radius 1 is 1.56 bits per heavy atom. The van der Waals surface area contributed by atoms with E-state index in [1.807, 2.05) is 14.0 Å². The molecule has 90 valence electrons. The highest BCUT2D eigenvalue weighted by Crippen LogP contribution is 2.30. The Hall–Kier alpha value is -0.580. The largest absolute Gasteiger partial charge is 0.389 e. The molecule has 0 aliphatic heterocycles. The second-order valence-electron chi connectivity index (χ2n) is 4.65. The third kappa shape index (κ3) is 2.24. The number of nitrogens with zero attached hydrogens (tertiary/aromatic N) is 2. The minimum absolute atomic E-state index is 0.486. The molecule has 5 heteroatoms. The van der Waals surface area contributed by atoms with E-state index in [9.17, 15) is 5.11 Å². The number of aliphatic hydroxyl groups is 1. The van der Waals surface area contributed by atoms with Crippen molar-refractivity contribution in [1.29, 1.82) is 0 Å². The summed E-state index contributed by atoms with van der Waals surface area (Å²) in [6.45, 7) is 3.18. The van der Waals surface area contributed by atoms with E-state index >= 15 is 0 Å². The van der Waals surface area contributed by atoms with Gasteiger partial charge >= 0.3 is 0 Å². The molecule has 0 aromatic carbocycles. The van der Waals surface area contributed by atoms with Crippen LogP contribution in [0.25, 0.3) is 0 Å². The van der Waals surface area contributed by atoms with Gasteiger partial charge in [0.15, 0.2) is 0 Å². The molecule has 0 amide bonds. The Labute approximate surface area is 101 Å². The maximum atomic E-state index is 9.91. The second-order valence-corrected chi connectivity index (χ2v) is 5.03. The van der Waals surface area contributed by atoms with Crippen LogP contribution in [-0.4, -0.2) is 27.0 Å². The van der Waals surface area contributed by atoms with Crippen LogP contribution in [-0.2, 0) is 13.6 Å². The number of nitrogens with one attached hydrogen (secondary N) is 1. The second kappa shape index (κ2) is 4.35. The van der Waals surface area contributed by atoms with Crippen LogP contribution in [0.4, 0.5) is 0 Å². The molecule has 16 heavy (non-hydrogen) atoms. The first-order valence-electron chi connectivity index (χ1n) is 5.63. The summed E-state index contributed by atoms with van der Waals surface area (Å²) in [5, 5.41) is 18.1. The average Bonchev–Trinajstić information content (AvgIpc) is 2.42. The first kappa shape index (κ1) is 11.9. The van der Waals surface area contributed by atoms with Gasteiger partial charge in [0.05, 0.1) is 22.0 Å². The van der Waals surface area contributed by atoms with E-state index in [0.717, 1.165) is 35.7 Å². The van der Waals surface area contributed by atoms with E-state index in [-0.39, 0.29) is 0 Å². The van der Waals surface area contributed by atoms with Crippen molar-refractivity contribution in [3.05, 3.63) is 16.4 Å². The van der Waals surface area contributed by atoms with E-state index in [1.165, 1.54) is 0 Å². The zero-order valence-corrected chi connectivity index (χ0v) is 10.5. The number of hydrogen-bond donors (Lipinski definition) is 2. The molecule has 0 saturated heterocycles. The number of halogens is 1. The van der Waals surface area contributed by atoms with Crippen molar-refractivity contribution in [2.24, 2.45) is 7.05 Å². The summed E-state index contributed by atoms with van der Waals surface area (Å²) in [6.07, 6.45) is 2.93. The molecule has 0 unspecified atom stereocenters. The fourth-order valence-electron chi connectivity index (χ4n) is 2.05. The molecular formula is C11H18ClN3O. The van der Waals surface area contributed by atoms with Crippen molar-refractivity contribution < 1.29 is 5.11 Å². The molecule has 1 saturated carbocycles. The number of aromatic nitrogens is 2. The van der Waals surface area contributed by atoms with E-state index in [1.54, 1.807) is 4.68 Å². The molecule has 1 aliphatic rings. The van der Waals surface area contributed by atoms with Crippen molar-refractivity contribution in [2.45, 2.75) is 38.3 Å². The van der Waals surface area contributed by atoms with Crippen molar-refractivity contribution in [3.8, 4) is 0 Å². The van der Waals surface area contributed by atoms with Crippen molar-refractivity contribution in [2.75, 3.05) is 6.54 Å². The maximum absolute atomic E-state index is 9.91. The smallest absolute Gasteiger partial charge is 0.0860 e. The molecule has 1 fully saturated rings. The quantitative estimate of drug-likeness (QED) is 0.840. The Bertz CT molecular complexity index is 385. The SMILES string of the molecule is Cc1nn(C)c(CNCC2(O)CCC2)c1Cl. The van der Waals surface area contributed by atoms with Crippen LogP contribution >= 0.6 is 11.6 Å². The van der Waals surface area contributed by atoms with Gasteiger partial charge in [-0.25, -0.2) is 0 Å². The fraction of sp³-hybridized carbons (Fsp3) is 0.727. The molecule has 4 nitrogen and oxygen atoms in total. The molecule has 2 N–H and O–H groups in total. The molecule has 0 radical (unpaired) electrons. The molecule has 1 aromatic rings. The van der Waals surface area contributed by atoms with Gasteiger partial charge in [-0.05, 0) is 26.2 Å². The van der Waals surface area contributed by atoms with E-state index in [4.69, 9.17) is 11.6 Å². The highest BCUT2D eigenvalue weighted by atomic mass is 35.5. The topological polar surface area (TPSA) is 50.1 Å². The number of aryl methyl sites for hydroxylation is 2. The van der Waals surface area contributed by atoms with Crippen LogP contribution in [0.3, 0.4) is 0 Å². The number of hydrogen-bond acceptors (Lipinski definition) is 3. The molecule has 1 aliphatic carbocycles. The van der Waals surface area contributed by atoms with Crippen LogP contribution in [0, 0.1) is 6.92 Å². The highest BCUT2D eigenvalue weighted by molar-refractivity contribution is 6.31. The van der Waals surface area contributed by atoms with Crippen molar-refractivity contribution in [1.82, 2.24) is 15.1 Å². The van der Waals surface area contributed by atoms with Gasteiger partial charge in [-0.2, -0.15) is 5.10 Å². The zero-order valence-electron chi connectivity index (χ0n) is 9.76. The normalized spacial score (nSPS) is 18.5. The Morgan fingerprint density at radius 2 is 2.25 bits per heavy atom. The van der Waals surface area contributed by atoms with Crippen LogP contribution in [0.5, 0.6) is 0 Å². The molecule has 1 heterocycles. The molecule has 2 rings (SSSR count). The predicted octanol–water partition coefficient (Wildman–Crippen LogP) is 1.39. The van der Waals surface area contributed by atoms with Gasteiger partial charge < -0.3 is 10.4 Å². The monoisotopic (exact) mass is 243 g/mol. The summed E-state index contributed by atoms with van der Waals surface area (Å²) in [6, 6.07) is 0. The lowest BCUT2D eigenvalue weighted by atomic mass is 9.80. The summed E-state index contributed by atoms with van der Waals surface area (Å²) in [5.74, 6) is 0. The van der Waals surface area contributed by atoms with E-state index in [2.05, 4.69) is 10.4 Å². The van der Waals surface area contributed by atoms with E-state index < -0.39 is 5.60 Å². The van der Waals surface area contributed by atoms with Crippen LogP contribution < -0.4 is 5.32 Å². The van der Waals surface area contributed by atoms with Crippen molar-refractivity contribution >= 4 is 11.6 Å². The summed E-state index contributed by atoms with van der Waals surface area (Å²) < 4.78 is 1.79. The molecule has 0 bridgehead atoms. The lowest BCUT2D eigenvalue weighted by molar-refractivity contribution is -0.0315. The highest BCUT2D eigenvalue weighted by Gasteiger charge is 2.33. The van der Waals surface area contributed by atoms with Gasteiger partial charge in [0.25, 0.3) is 0 Å². The van der Waals surface area contributed by atoms with Crippen LogP contribution in [0.1, 0.15) is 30.7 Å². The van der Waals surface area contributed by atoms with Gasteiger partial charge in [-0.15, -0.1) is 0 Å². The fourth-order valence-corrected chi connectivity index (χ4v) is 2.27. The molecular weight excluding hydrogens is 226 g/mol. The zero-order chi connectivity index (χ0) is 11.8.